The van der Waals surface area contributed by atoms with E-state index in [2.05, 4.69) is 36.7 Å². The van der Waals surface area contributed by atoms with Crippen molar-refractivity contribution in [3.05, 3.63) is 34.3 Å². The Balaban J connectivity index is 1.62. The molecule has 1 aromatic rings. The monoisotopic (exact) mass is 393 g/mol. The number of fused-ring (bicyclic) bond motifs is 2. The summed E-state index contributed by atoms with van der Waals surface area (Å²) < 4.78 is 5.93. The molecule has 1 aliphatic carbocycles. The molecule has 0 N–H and O–H groups in total. The molecule has 0 aromatic heterocycles. The Hall–Kier alpha value is -1.36. The lowest BCUT2D eigenvalue weighted by molar-refractivity contribution is -0.135. The summed E-state index contributed by atoms with van der Waals surface area (Å²) in [5, 5.41) is 0. The number of rotatable bonds is 3. The van der Waals surface area contributed by atoms with Crippen molar-refractivity contribution in [2.45, 2.75) is 46.1 Å². The number of esters is 1. The summed E-state index contributed by atoms with van der Waals surface area (Å²) in [4.78, 5) is 26.7. The predicted molar refractivity (Wildman–Crippen MR) is 95.7 cm³/mol. The normalized spacial score (nSPS) is 27.8. The van der Waals surface area contributed by atoms with Gasteiger partial charge in [-0.05, 0) is 58.2 Å². The molecule has 4 nitrogen and oxygen atoms in total. The van der Waals surface area contributed by atoms with Gasteiger partial charge in [0.1, 0.15) is 0 Å². The predicted octanol–water partition coefficient (Wildman–Crippen LogP) is 4.03. The number of halogens is 1. The smallest absolute Gasteiger partial charge is 0.339 e. The van der Waals surface area contributed by atoms with Crippen LogP contribution in [0.3, 0.4) is 0 Å². The van der Waals surface area contributed by atoms with Crippen molar-refractivity contribution < 1.29 is 14.3 Å². The Bertz CT molecular complexity index is 672. The maximum Gasteiger partial charge on any atom is 0.339 e. The molecule has 0 spiro atoms. The fourth-order valence-electron chi connectivity index (χ4n) is 4.67. The number of nitrogens with zero attached hydrogens (tertiary/aromatic N) is 1. The van der Waals surface area contributed by atoms with Crippen LogP contribution < -0.4 is 0 Å². The van der Waals surface area contributed by atoms with Gasteiger partial charge in [-0.25, -0.2) is 4.79 Å². The first-order valence-electron chi connectivity index (χ1n) is 8.40. The van der Waals surface area contributed by atoms with Crippen LogP contribution >= 0.6 is 15.9 Å². The second-order valence-corrected chi connectivity index (χ2v) is 9.15. The van der Waals surface area contributed by atoms with Crippen molar-refractivity contribution in [1.29, 1.82) is 0 Å². The van der Waals surface area contributed by atoms with Gasteiger partial charge in [0.25, 0.3) is 5.91 Å². The number of carbonyl (C=O) groups excluding carboxylic acids is 2. The summed E-state index contributed by atoms with van der Waals surface area (Å²) in [5.41, 5.74) is 0.894. The van der Waals surface area contributed by atoms with E-state index in [1.165, 1.54) is 0 Å². The van der Waals surface area contributed by atoms with Gasteiger partial charge in [0.2, 0.25) is 0 Å². The van der Waals surface area contributed by atoms with Gasteiger partial charge >= 0.3 is 5.97 Å². The molecule has 130 valence electrons. The molecule has 1 amide bonds. The molecule has 2 bridgehead atoms. The quantitative estimate of drug-likeness (QED) is 0.728. The summed E-state index contributed by atoms with van der Waals surface area (Å²) in [5.74, 6) is -0.550. The summed E-state index contributed by atoms with van der Waals surface area (Å²) in [7, 11) is 0. The highest BCUT2D eigenvalue weighted by molar-refractivity contribution is 9.10. The minimum absolute atomic E-state index is 0.0816. The van der Waals surface area contributed by atoms with Crippen LogP contribution in [-0.2, 0) is 9.53 Å². The minimum atomic E-state index is -0.468. The van der Waals surface area contributed by atoms with E-state index in [4.69, 9.17) is 4.74 Å². The molecule has 0 radical (unpaired) electrons. The molecular weight excluding hydrogens is 370 g/mol. The van der Waals surface area contributed by atoms with Crippen molar-refractivity contribution in [1.82, 2.24) is 4.90 Å². The average molecular weight is 394 g/mol. The summed E-state index contributed by atoms with van der Waals surface area (Å²) in [6.45, 7) is 7.40. The van der Waals surface area contributed by atoms with E-state index in [9.17, 15) is 9.59 Å². The topological polar surface area (TPSA) is 46.6 Å². The average Bonchev–Trinajstić information content (AvgIpc) is 2.74. The number of ether oxygens (including phenoxy) is 1. The second kappa shape index (κ2) is 6.17. The van der Waals surface area contributed by atoms with E-state index in [-0.39, 0.29) is 29.4 Å². The van der Waals surface area contributed by atoms with Gasteiger partial charge in [-0.15, -0.1) is 0 Å². The lowest BCUT2D eigenvalue weighted by Gasteiger charge is -2.39. The van der Waals surface area contributed by atoms with Gasteiger partial charge in [0.05, 0.1) is 5.56 Å². The third kappa shape index (κ3) is 3.51. The van der Waals surface area contributed by atoms with Gasteiger partial charge in [-0.3, -0.25) is 4.79 Å². The highest BCUT2D eigenvalue weighted by Crippen LogP contribution is 2.52. The van der Waals surface area contributed by atoms with Crippen LogP contribution in [0.5, 0.6) is 0 Å². The van der Waals surface area contributed by atoms with Gasteiger partial charge in [0.15, 0.2) is 6.61 Å². The molecule has 1 saturated carbocycles. The third-order valence-corrected chi connectivity index (χ3v) is 5.85. The summed E-state index contributed by atoms with van der Waals surface area (Å²) >= 11 is 3.33. The largest absolute Gasteiger partial charge is 0.452 e. The summed E-state index contributed by atoms with van der Waals surface area (Å²) in [6.07, 6.45) is 3.21. The highest BCUT2D eigenvalue weighted by Gasteiger charge is 2.50. The number of amides is 1. The number of benzene rings is 1. The van der Waals surface area contributed by atoms with Crippen LogP contribution in [-0.4, -0.2) is 36.0 Å². The standard InChI is InChI=1S/C19H24BrNO3/c1-18(2)8-13-9-19(3,11-18)12-21(13)16(22)10-24-17(23)14-6-4-5-7-15(14)20/h4-7,13H,8-12H2,1-3H3/t13-,19-/m1/s1. The molecule has 2 atom stereocenters. The van der Waals surface area contributed by atoms with E-state index >= 15 is 0 Å². The minimum Gasteiger partial charge on any atom is -0.452 e. The molecule has 1 saturated heterocycles. The Morgan fingerprint density at radius 2 is 1.96 bits per heavy atom. The van der Waals surface area contributed by atoms with Crippen molar-refractivity contribution in [3.63, 3.8) is 0 Å². The lowest BCUT2D eigenvalue weighted by atomic mass is 9.65. The molecule has 2 aliphatic rings. The number of likely N-dealkylation sites (tertiary alicyclic amines) is 1. The molecule has 24 heavy (non-hydrogen) atoms. The molecule has 3 rings (SSSR count). The van der Waals surface area contributed by atoms with Crippen molar-refractivity contribution in [2.75, 3.05) is 13.2 Å². The SMILES string of the molecule is CC1(C)C[C@@H]2C[C@@](C)(CN2C(=O)COC(=O)c2ccccc2Br)C1. The van der Waals surface area contributed by atoms with E-state index in [0.717, 1.165) is 25.8 Å². The van der Waals surface area contributed by atoms with Gasteiger partial charge < -0.3 is 9.64 Å². The Labute approximate surface area is 151 Å². The summed E-state index contributed by atoms with van der Waals surface area (Å²) in [6, 6.07) is 7.34. The van der Waals surface area contributed by atoms with Crippen molar-refractivity contribution >= 4 is 27.8 Å². The van der Waals surface area contributed by atoms with Crippen molar-refractivity contribution in [2.24, 2.45) is 10.8 Å². The van der Waals surface area contributed by atoms with Crippen LogP contribution in [0.25, 0.3) is 0 Å². The van der Waals surface area contributed by atoms with E-state index in [0.29, 0.717) is 10.0 Å². The highest BCUT2D eigenvalue weighted by atomic mass is 79.9. The molecule has 1 aromatic carbocycles. The third-order valence-electron chi connectivity index (χ3n) is 5.16. The molecule has 5 heteroatoms. The number of carbonyl (C=O) groups is 2. The molecule has 1 heterocycles. The first-order chi connectivity index (χ1) is 11.2. The van der Waals surface area contributed by atoms with Crippen LogP contribution in [0, 0.1) is 10.8 Å². The van der Waals surface area contributed by atoms with Gasteiger partial charge in [-0.2, -0.15) is 0 Å². The maximum absolute atomic E-state index is 12.6. The van der Waals surface area contributed by atoms with Crippen LogP contribution in [0.1, 0.15) is 50.4 Å². The first kappa shape index (κ1) is 17.5. The zero-order valence-electron chi connectivity index (χ0n) is 14.5. The Morgan fingerprint density at radius 3 is 2.67 bits per heavy atom. The van der Waals surface area contributed by atoms with Gasteiger partial charge in [0, 0.05) is 17.1 Å². The second-order valence-electron chi connectivity index (χ2n) is 8.29. The lowest BCUT2D eigenvalue weighted by Crippen LogP contribution is -2.39. The Morgan fingerprint density at radius 1 is 1.25 bits per heavy atom. The van der Waals surface area contributed by atoms with E-state index in [1.807, 2.05) is 11.0 Å². The van der Waals surface area contributed by atoms with E-state index < -0.39 is 5.97 Å². The molecule has 0 unspecified atom stereocenters. The molecule has 2 fully saturated rings. The van der Waals surface area contributed by atoms with Gasteiger partial charge in [-0.1, -0.05) is 32.9 Å². The van der Waals surface area contributed by atoms with Crippen LogP contribution in [0.15, 0.2) is 28.7 Å². The van der Waals surface area contributed by atoms with Crippen molar-refractivity contribution in [3.8, 4) is 0 Å². The fourth-order valence-corrected chi connectivity index (χ4v) is 5.11. The van der Waals surface area contributed by atoms with E-state index in [1.54, 1.807) is 18.2 Å². The Kier molecular flexibility index (Phi) is 4.49. The fraction of sp³-hybridized carbons (Fsp3) is 0.579. The maximum atomic E-state index is 12.6. The zero-order chi connectivity index (χ0) is 17.5. The zero-order valence-corrected chi connectivity index (χ0v) is 16.1. The first-order valence-corrected chi connectivity index (χ1v) is 9.20. The number of hydrogen-bond donors (Lipinski definition) is 0. The van der Waals surface area contributed by atoms with Crippen LogP contribution in [0.2, 0.25) is 0 Å². The van der Waals surface area contributed by atoms with Crippen LogP contribution in [0.4, 0.5) is 0 Å². The molecular formula is C19H24BrNO3. The molecule has 1 aliphatic heterocycles. The number of hydrogen-bond acceptors (Lipinski definition) is 3.